The topological polar surface area (TPSA) is 9.23 Å². The van der Waals surface area contributed by atoms with Crippen molar-refractivity contribution in [1.29, 1.82) is 0 Å². The van der Waals surface area contributed by atoms with Gasteiger partial charge in [-0.25, -0.2) is 0 Å². The van der Waals surface area contributed by atoms with E-state index in [-0.39, 0.29) is 5.60 Å². The Labute approximate surface area is 46.5 Å². The molecule has 0 aliphatic carbocycles. The predicted octanol–water partition coefficient (Wildman–Crippen LogP) is 0.740. The van der Waals surface area contributed by atoms with Crippen molar-refractivity contribution in [1.82, 2.24) is 0 Å². The van der Waals surface area contributed by atoms with E-state index in [9.17, 15) is 0 Å². The maximum Gasteiger partial charge on any atom is 0.258 e. The molecular formula is C5H13BO. The fraction of sp³-hybridized carbons (Fsp3) is 1.00. The van der Waals surface area contributed by atoms with Gasteiger partial charge >= 0.3 is 0 Å². The monoisotopic (exact) mass is 100 g/mol. The van der Waals surface area contributed by atoms with Crippen LogP contribution in [0.5, 0.6) is 0 Å². The summed E-state index contributed by atoms with van der Waals surface area (Å²) >= 11 is 0. The van der Waals surface area contributed by atoms with Gasteiger partial charge in [-0.05, 0) is 20.3 Å². The van der Waals surface area contributed by atoms with Crippen LogP contribution < -0.4 is 0 Å². The molecular weight excluding hydrogens is 86.9 g/mol. The first kappa shape index (κ1) is 7.02. The minimum atomic E-state index is 0.0833. The molecule has 0 spiro atoms. The molecule has 2 heteroatoms. The third kappa shape index (κ3) is 2.69. The highest BCUT2D eigenvalue weighted by Crippen LogP contribution is 2.09. The van der Waals surface area contributed by atoms with E-state index in [1.54, 1.807) is 8.05 Å². The predicted molar refractivity (Wildman–Crippen MR) is 34.0 cm³/mol. The second-order valence-electron chi connectivity index (χ2n) is 2.32. The van der Waals surface area contributed by atoms with Gasteiger partial charge in [0.25, 0.3) is 8.05 Å². The van der Waals surface area contributed by atoms with Crippen LogP contribution in [0.1, 0.15) is 27.2 Å². The zero-order valence-corrected chi connectivity index (χ0v) is 5.62. The molecule has 0 N–H and O–H groups in total. The van der Waals surface area contributed by atoms with Gasteiger partial charge in [0.15, 0.2) is 0 Å². The van der Waals surface area contributed by atoms with Gasteiger partial charge < -0.3 is 4.65 Å². The SMILES string of the molecule is BOC(C)(C)CC. The summed E-state index contributed by atoms with van der Waals surface area (Å²) in [6.07, 6.45) is 1.07. The van der Waals surface area contributed by atoms with E-state index in [1.165, 1.54) is 0 Å². The summed E-state index contributed by atoms with van der Waals surface area (Å²) in [6.45, 7) is 6.27. The lowest BCUT2D eigenvalue weighted by molar-refractivity contribution is 0.119. The van der Waals surface area contributed by atoms with Crippen LogP contribution in [-0.4, -0.2) is 13.7 Å². The van der Waals surface area contributed by atoms with Crippen LogP contribution in [-0.2, 0) is 4.65 Å². The highest BCUT2D eigenvalue weighted by molar-refractivity contribution is 5.98. The minimum Gasteiger partial charge on any atom is -0.439 e. The van der Waals surface area contributed by atoms with Crippen molar-refractivity contribution in [2.45, 2.75) is 32.8 Å². The lowest BCUT2D eigenvalue weighted by Crippen LogP contribution is -2.20. The molecule has 0 heterocycles. The highest BCUT2D eigenvalue weighted by Gasteiger charge is 2.09. The van der Waals surface area contributed by atoms with Gasteiger partial charge in [0.05, 0.1) is 0 Å². The van der Waals surface area contributed by atoms with Gasteiger partial charge in [0.2, 0.25) is 0 Å². The smallest absolute Gasteiger partial charge is 0.258 e. The largest absolute Gasteiger partial charge is 0.439 e. The average Bonchev–Trinajstić information content (AvgIpc) is 1.68. The molecule has 0 amide bonds. The van der Waals surface area contributed by atoms with Crippen molar-refractivity contribution < 1.29 is 4.65 Å². The van der Waals surface area contributed by atoms with Crippen LogP contribution in [0.4, 0.5) is 0 Å². The number of hydrogen-bond donors (Lipinski definition) is 0. The molecule has 0 saturated carbocycles. The van der Waals surface area contributed by atoms with E-state index in [2.05, 4.69) is 20.8 Å². The van der Waals surface area contributed by atoms with Crippen LogP contribution in [0.25, 0.3) is 0 Å². The molecule has 0 radical (unpaired) electrons. The second kappa shape index (κ2) is 2.36. The van der Waals surface area contributed by atoms with Gasteiger partial charge in [-0.15, -0.1) is 0 Å². The second-order valence-corrected chi connectivity index (χ2v) is 2.32. The first-order valence-corrected chi connectivity index (χ1v) is 2.67. The number of rotatable bonds is 2. The Bertz CT molecular complexity index is 46.0. The van der Waals surface area contributed by atoms with E-state index in [1.807, 2.05) is 0 Å². The Morgan fingerprint density at radius 2 is 2.00 bits per heavy atom. The van der Waals surface area contributed by atoms with E-state index in [0.717, 1.165) is 6.42 Å². The summed E-state index contributed by atoms with van der Waals surface area (Å²) in [5.74, 6) is 0. The quantitative estimate of drug-likeness (QED) is 0.465. The molecule has 42 valence electrons. The lowest BCUT2D eigenvalue weighted by Gasteiger charge is -2.20. The molecule has 0 fully saturated rings. The van der Waals surface area contributed by atoms with Gasteiger partial charge in [-0.3, -0.25) is 0 Å². The molecule has 0 bridgehead atoms. The van der Waals surface area contributed by atoms with Crippen molar-refractivity contribution in [3.05, 3.63) is 0 Å². The Morgan fingerprint density at radius 1 is 1.57 bits per heavy atom. The van der Waals surface area contributed by atoms with Crippen LogP contribution in [0.3, 0.4) is 0 Å². The fourth-order valence-corrected chi connectivity index (χ4v) is 0.144. The van der Waals surface area contributed by atoms with E-state index < -0.39 is 0 Å². The summed E-state index contributed by atoms with van der Waals surface area (Å²) in [5, 5.41) is 0. The fourth-order valence-electron chi connectivity index (χ4n) is 0.144. The van der Waals surface area contributed by atoms with E-state index in [4.69, 9.17) is 4.65 Å². The Kier molecular flexibility index (Phi) is 2.37. The van der Waals surface area contributed by atoms with Crippen molar-refractivity contribution in [3.63, 3.8) is 0 Å². The summed E-state index contributed by atoms with van der Waals surface area (Å²) in [4.78, 5) is 0. The molecule has 1 nitrogen and oxygen atoms in total. The van der Waals surface area contributed by atoms with E-state index in [0.29, 0.717) is 0 Å². The Balaban J connectivity index is 3.36. The minimum absolute atomic E-state index is 0.0833. The van der Waals surface area contributed by atoms with Gasteiger partial charge in [0, 0.05) is 5.60 Å². The maximum atomic E-state index is 5.09. The van der Waals surface area contributed by atoms with Crippen molar-refractivity contribution in [2.75, 3.05) is 0 Å². The van der Waals surface area contributed by atoms with Crippen molar-refractivity contribution in [2.24, 2.45) is 0 Å². The maximum absolute atomic E-state index is 5.09. The van der Waals surface area contributed by atoms with Crippen molar-refractivity contribution >= 4 is 8.05 Å². The highest BCUT2D eigenvalue weighted by atomic mass is 16.4. The van der Waals surface area contributed by atoms with Gasteiger partial charge in [-0.1, -0.05) is 6.92 Å². The first-order chi connectivity index (χ1) is 3.12. The molecule has 7 heavy (non-hydrogen) atoms. The van der Waals surface area contributed by atoms with Crippen LogP contribution in [0, 0.1) is 0 Å². The molecule has 0 aliphatic rings. The molecule has 0 aromatic heterocycles. The van der Waals surface area contributed by atoms with Crippen LogP contribution in [0.15, 0.2) is 0 Å². The zero-order valence-electron chi connectivity index (χ0n) is 5.62. The zero-order chi connectivity index (χ0) is 5.91. The molecule has 0 unspecified atom stereocenters. The van der Waals surface area contributed by atoms with Gasteiger partial charge in [-0.2, -0.15) is 0 Å². The van der Waals surface area contributed by atoms with Crippen LogP contribution in [0.2, 0.25) is 0 Å². The lowest BCUT2D eigenvalue weighted by atomic mass is 10.1. The van der Waals surface area contributed by atoms with E-state index >= 15 is 0 Å². The summed E-state index contributed by atoms with van der Waals surface area (Å²) in [5.41, 5.74) is 0.0833. The van der Waals surface area contributed by atoms with Crippen LogP contribution >= 0.6 is 0 Å². The standard InChI is InChI=1S/C5H13BO/c1-4-5(2,3)7-6/h4,6H2,1-3H3. The first-order valence-electron chi connectivity index (χ1n) is 2.67. The Morgan fingerprint density at radius 3 is 2.00 bits per heavy atom. The summed E-state index contributed by atoms with van der Waals surface area (Å²) in [6, 6.07) is 0. The molecule has 0 aromatic rings. The summed E-state index contributed by atoms with van der Waals surface area (Å²) in [7, 11) is 1.74. The molecule has 0 rings (SSSR count). The van der Waals surface area contributed by atoms with Crippen molar-refractivity contribution in [3.8, 4) is 0 Å². The summed E-state index contributed by atoms with van der Waals surface area (Å²) < 4.78 is 5.09. The average molecular weight is 100.0 g/mol. The third-order valence-electron chi connectivity index (χ3n) is 1.40. The molecule has 0 aromatic carbocycles. The van der Waals surface area contributed by atoms with Gasteiger partial charge in [0.1, 0.15) is 0 Å². The molecule has 0 aliphatic heterocycles. The Hall–Kier alpha value is 0.0249. The number of hydrogen-bond acceptors (Lipinski definition) is 1. The normalized spacial score (nSPS) is 11.9. The third-order valence-corrected chi connectivity index (χ3v) is 1.40. The molecule has 0 atom stereocenters. The molecule has 0 saturated heterocycles.